The summed E-state index contributed by atoms with van der Waals surface area (Å²) < 4.78 is 53.6. The molecular weight excluding hydrogens is 298 g/mol. The Morgan fingerprint density at radius 1 is 0.909 bits per heavy atom. The summed E-state index contributed by atoms with van der Waals surface area (Å²) in [4.78, 5) is 1.63. The molecule has 0 aliphatic heterocycles. The molecule has 0 saturated carbocycles. The molecule has 1 unspecified atom stereocenters. The molecule has 2 rings (SSSR count). The molecular formula is C16H15F4NO. The number of hydrogen-bond acceptors (Lipinski definition) is 2. The first-order chi connectivity index (χ1) is 10.2. The van der Waals surface area contributed by atoms with Crippen LogP contribution in [0.5, 0.6) is 0 Å². The van der Waals surface area contributed by atoms with Crippen molar-refractivity contribution in [3.63, 3.8) is 0 Å². The van der Waals surface area contributed by atoms with Crippen molar-refractivity contribution in [2.24, 2.45) is 0 Å². The molecule has 2 nitrogen and oxygen atoms in total. The van der Waals surface area contributed by atoms with Crippen LogP contribution in [0.2, 0.25) is 0 Å². The average molecular weight is 313 g/mol. The number of anilines is 1. The maximum absolute atomic E-state index is 13.6. The molecule has 0 amide bonds. The van der Waals surface area contributed by atoms with E-state index in [1.165, 1.54) is 18.2 Å². The van der Waals surface area contributed by atoms with E-state index in [2.05, 4.69) is 0 Å². The number of aliphatic hydroxyl groups is 1. The molecule has 118 valence electrons. The van der Waals surface area contributed by atoms with Gasteiger partial charge in [-0.3, -0.25) is 0 Å². The summed E-state index contributed by atoms with van der Waals surface area (Å²) in [6.45, 7) is 0. The molecule has 0 heterocycles. The third kappa shape index (κ3) is 2.78. The van der Waals surface area contributed by atoms with Crippen LogP contribution in [0, 0.1) is 5.82 Å². The van der Waals surface area contributed by atoms with Crippen molar-refractivity contribution >= 4 is 5.69 Å². The summed E-state index contributed by atoms with van der Waals surface area (Å²) in [5, 5.41) is 10.4. The van der Waals surface area contributed by atoms with Gasteiger partial charge in [0, 0.05) is 19.8 Å². The fourth-order valence-electron chi connectivity index (χ4n) is 2.19. The summed E-state index contributed by atoms with van der Waals surface area (Å²) in [6, 6.07) is 9.18. The Morgan fingerprint density at radius 2 is 1.50 bits per heavy atom. The van der Waals surface area contributed by atoms with Crippen LogP contribution in [0.25, 0.3) is 0 Å². The normalized spacial score (nSPS) is 14.5. The lowest BCUT2D eigenvalue weighted by molar-refractivity contribution is -0.248. The highest BCUT2D eigenvalue weighted by molar-refractivity contribution is 5.51. The van der Waals surface area contributed by atoms with E-state index < -0.39 is 23.2 Å². The van der Waals surface area contributed by atoms with Gasteiger partial charge in [0.05, 0.1) is 0 Å². The molecule has 1 N–H and O–H groups in total. The molecule has 0 bridgehead atoms. The quantitative estimate of drug-likeness (QED) is 0.874. The monoisotopic (exact) mass is 313 g/mol. The van der Waals surface area contributed by atoms with Crippen molar-refractivity contribution in [1.29, 1.82) is 0 Å². The second-order valence-electron chi connectivity index (χ2n) is 5.16. The number of rotatable bonds is 3. The number of nitrogens with zero attached hydrogens (tertiary/aromatic N) is 1. The fourth-order valence-corrected chi connectivity index (χ4v) is 2.19. The minimum absolute atomic E-state index is 0.321. The zero-order valence-electron chi connectivity index (χ0n) is 12.0. The molecule has 0 aromatic heterocycles. The van der Waals surface area contributed by atoms with Gasteiger partial charge in [-0.15, -0.1) is 0 Å². The molecule has 0 spiro atoms. The van der Waals surface area contributed by atoms with E-state index in [0.717, 1.165) is 24.3 Å². The summed E-state index contributed by atoms with van der Waals surface area (Å²) >= 11 is 0. The van der Waals surface area contributed by atoms with Gasteiger partial charge >= 0.3 is 6.18 Å². The summed E-state index contributed by atoms with van der Waals surface area (Å²) in [5.41, 5.74) is -3.44. The first-order valence-electron chi connectivity index (χ1n) is 6.49. The summed E-state index contributed by atoms with van der Waals surface area (Å²) in [6.07, 6.45) is -4.95. The Balaban J connectivity index is 2.65. The van der Waals surface area contributed by atoms with Gasteiger partial charge in [-0.1, -0.05) is 24.3 Å². The van der Waals surface area contributed by atoms with Gasteiger partial charge in [-0.25, -0.2) is 4.39 Å². The largest absolute Gasteiger partial charge is 0.425 e. The topological polar surface area (TPSA) is 23.5 Å². The minimum Gasteiger partial charge on any atom is -0.378 e. The molecule has 22 heavy (non-hydrogen) atoms. The Labute approximate surface area is 125 Å². The standard InChI is InChI=1S/C16H15F4NO/c1-21(2)14-5-3-4-12(10-14)15(22,16(18,19)20)11-6-8-13(17)9-7-11/h3-10,22H,1-2H3. The van der Waals surface area contributed by atoms with Crippen LogP contribution in [-0.4, -0.2) is 25.4 Å². The fraction of sp³-hybridized carbons (Fsp3) is 0.250. The van der Waals surface area contributed by atoms with Gasteiger partial charge in [0.1, 0.15) is 5.82 Å². The summed E-state index contributed by atoms with van der Waals surface area (Å²) in [5.74, 6) is -0.671. The van der Waals surface area contributed by atoms with E-state index in [1.807, 2.05) is 0 Å². The maximum atomic E-state index is 13.6. The third-order valence-corrected chi connectivity index (χ3v) is 3.45. The van der Waals surface area contributed by atoms with E-state index in [-0.39, 0.29) is 5.56 Å². The van der Waals surface area contributed by atoms with Crippen LogP contribution in [-0.2, 0) is 5.60 Å². The minimum atomic E-state index is -4.95. The van der Waals surface area contributed by atoms with Crippen LogP contribution in [0.3, 0.4) is 0 Å². The first kappa shape index (κ1) is 16.3. The van der Waals surface area contributed by atoms with Crippen LogP contribution < -0.4 is 4.90 Å². The van der Waals surface area contributed by atoms with Gasteiger partial charge < -0.3 is 10.0 Å². The van der Waals surface area contributed by atoms with E-state index in [9.17, 15) is 22.7 Å². The number of benzene rings is 2. The molecule has 0 saturated heterocycles. The zero-order valence-corrected chi connectivity index (χ0v) is 12.0. The van der Waals surface area contributed by atoms with Crippen LogP contribution in [0.1, 0.15) is 11.1 Å². The molecule has 1 atom stereocenters. The van der Waals surface area contributed by atoms with Crippen LogP contribution in [0.15, 0.2) is 48.5 Å². The Hall–Kier alpha value is -2.08. The van der Waals surface area contributed by atoms with Crippen LogP contribution >= 0.6 is 0 Å². The highest BCUT2D eigenvalue weighted by atomic mass is 19.4. The lowest BCUT2D eigenvalue weighted by Gasteiger charge is -2.32. The second kappa shape index (κ2) is 5.61. The molecule has 6 heteroatoms. The predicted molar refractivity (Wildman–Crippen MR) is 76.2 cm³/mol. The average Bonchev–Trinajstić information content (AvgIpc) is 2.46. The van der Waals surface area contributed by atoms with Gasteiger partial charge in [-0.2, -0.15) is 13.2 Å². The van der Waals surface area contributed by atoms with E-state index >= 15 is 0 Å². The van der Waals surface area contributed by atoms with Gasteiger partial charge in [0.15, 0.2) is 0 Å². The zero-order chi connectivity index (χ0) is 16.5. The Morgan fingerprint density at radius 3 is 2.00 bits per heavy atom. The number of alkyl halides is 3. The third-order valence-electron chi connectivity index (χ3n) is 3.45. The van der Waals surface area contributed by atoms with Crippen molar-refractivity contribution in [2.45, 2.75) is 11.8 Å². The van der Waals surface area contributed by atoms with Crippen molar-refractivity contribution in [3.05, 3.63) is 65.5 Å². The molecule has 0 aliphatic carbocycles. The highest BCUT2D eigenvalue weighted by Crippen LogP contribution is 2.44. The van der Waals surface area contributed by atoms with Crippen molar-refractivity contribution in [1.82, 2.24) is 0 Å². The molecule has 0 aliphatic rings. The van der Waals surface area contributed by atoms with Crippen molar-refractivity contribution in [2.75, 3.05) is 19.0 Å². The molecule has 2 aromatic carbocycles. The molecule has 0 radical (unpaired) electrons. The second-order valence-corrected chi connectivity index (χ2v) is 5.16. The maximum Gasteiger partial charge on any atom is 0.425 e. The van der Waals surface area contributed by atoms with Crippen molar-refractivity contribution < 1.29 is 22.7 Å². The lowest BCUT2D eigenvalue weighted by atomic mass is 9.85. The SMILES string of the molecule is CN(C)c1cccc(C(O)(c2ccc(F)cc2)C(F)(F)F)c1. The molecule has 0 fully saturated rings. The van der Waals surface area contributed by atoms with E-state index in [0.29, 0.717) is 5.69 Å². The molecule has 2 aromatic rings. The Bertz CT molecular complexity index is 652. The van der Waals surface area contributed by atoms with E-state index in [1.54, 1.807) is 25.1 Å². The highest BCUT2D eigenvalue weighted by Gasteiger charge is 2.56. The number of hydrogen-bond donors (Lipinski definition) is 1. The Kier molecular flexibility index (Phi) is 4.15. The van der Waals surface area contributed by atoms with E-state index in [4.69, 9.17) is 0 Å². The van der Waals surface area contributed by atoms with Gasteiger partial charge in [0.25, 0.3) is 0 Å². The smallest absolute Gasteiger partial charge is 0.378 e. The first-order valence-corrected chi connectivity index (χ1v) is 6.49. The van der Waals surface area contributed by atoms with Crippen LogP contribution in [0.4, 0.5) is 23.2 Å². The van der Waals surface area contributed by atoms with Gasteiger partial charge in [0.2, 0.25) is 5.60 Å². The summed E-state index contributed by atoms with van der Waals surface area (Å²) in [7, 11) is 3.37. The van der Waals surface area contributed by atoms with Crippen molar-refractivity contribution in [3.8, 4) is 0 Å². The lowest BCUT2D eigenvalue weighted by Crippen LogP contribution is -2.43. The number of halogens is 4. The predicted octanol–water partition coefficient (Wildman–Crippen LogP) is 3.69. The van der Waals surface area contributed by atoms with Gasteiger partial charge in [-0.05, 0) is 35.4 Å².